The second kappa shape index (κ2) is 6.15. The third-order valence-electron chi connectivity index (χ3n) is 5.69. The van der Waals surface area contributed by atoms with Crippen molar-refractivity contribution in [1.29, 1.82) is 0 Å². The minimum absolute atomic E-state index is 0.161. The van der Waals surface area contributed by atoms with Crippen LogP contribution in [0.4, 0.5) is 5.69 Å². The average Bonchev–Trinajstić information content (AvgIpc) is 3.07. The van der Waals surface area contributed by atoms with Gasteiger partial charge in [-0.05, 0) is 44.8 Å². The van der Waals surface area contributed by atoms with Crippen molar-refractivity contribution in [2.75, 3.05) is 25.0 Å². The summed E-state index contributed by atoms with van der Waals surface area (Å²) in [5, 5.41) is 3.88. The summed E-state index contributed by atoms with van der Waals surface area (Å²) in [4.78, 5) is 31.9. The number of pyridine rings is 1. The Labute approximate surface area is 146 Å². The molecule has 0 saturated carbocycles. The first-order valence-corrected chi connectivity index (χ1v) is 8.69. The average molecular weight is 342 g/mol. The van der Waals surface area contributed by atoms with Crippen molar-refractivity contribution in [3.05, 3.63) is 24.2 Å². The van der Waals surface area contributed by atoms with E-state index in [1.165, 1.54) is 17.4 Å². The van der Waals surface area contributed by atoms with Crippen molar-refractivity contribution in [3.63, 3.8) is 0 Å². The van der Waals surface area contributed by atoms with Crippen LogP contribution in [0.1, 0.15) is 30.3 Å². The first kappa shape index (κ1) is 16.1. The highest BCUT2D eigenvalue weighted by molar-refractivity contribution is 6.01. The molecule has 25 heavy (non-hydrogen) atoms. The summed E-state index contributed by atoms with van der Waals surface area (Å²) in [5.41, 5.74) is 1.52. The second-order valence-corrected chi connectivity index (χ2v) is 7.02. The molecule has 2 aromatic heterocycles. The molecule has 2 atom stereocenters. The van der Waals surface area contributed by atoms with Crippen LogP contribution in [-0.2, 0) is 4.79 Å². The quantitative estimate of drug-likeness (QED) is 0.855. The summed E-state index contributed by atoms with van der Waals surface area (Å²) in [6.45, 7) is 4.43. The molecule has 3 aliphatic heterocycles. The van der Waals surface area contributed by atoms with E-state index in [2.05, 4.69) is 22.1 Å². The van der Waals surface area contributed by atoms with Gasteiger partial charge in [-0.3, -0.25) is 14.5 Å². The zero-order valence-electron chi connectivity index (χ0n) is 14.4. The van der Waals surface area contributed by atoms with Crippen LogP contribution in [0.2, 0.25) is 0 Å². The predicted molar refractivity (Wildman–Crippen MR) is 93.5 cm³/mol. The van der Waals surface area contributed by atoms with Crippen molar-refractivity contribution in [3.8, 4) is 0 Å². The molecule has 7 heteroatoms. The number of fused-ring (bicyclic) bond motifs is 4. The topological polar surface area (TPSA) is 78.7 Å². The SMILES string of the molecule is C[C@H]1[C@H](NC(=O)c2cc3c(N(C)C=O)coc3cn2)C2CCN1CC2. The van der Waals surface area contributed by atoms with E-state index >= 15 is 0 Å². The van der Waals surface area contributed by atoms with Gasteiger partial charge in [0.25, 0.3) is 5.91 Å². The first-order chi connectivity index (χ1) is 12.1. The van der Waals surface area contributed by atoms with Gasteiger partial charge in [-0.2, -0.15) is 0 Å². The van der Waals surface area contributed by atoms with E-state index in [1.807, 2.05) is 0 Å². The smallest absolute Gasteiger partial charge is 0.270 e. The van der Waals surface area contributed by atoms with Crippen LogP contribution >= 0.6 is 0 Å². The van der Waals surface area contributed by atoms with E-state index in [9.17, 15) is 9.59 Å². The number of rotatable bonds is 4. The zero-order chi connectivity index (χ0) is 17.6. The van der Waals surface area contributed by atoms with E-state index in [-0.39, 0.29) is 11.9 Å². The molecule has 5 rings (SSSR count). The van der Waals surface area contributed by atoms with E-state index < -0.39 is 0 Å². The molecule has 2 amide bonds. The molecule has 3 aliphatic rings. The van der Waals surface area contributed by atoms with Crippen LogP contribution in [0.5, 0.6) is 0 Å². The Kier molecular flexibility index (Phi) is 3.95. The molecule has 2 bridgehead atoms. The van der Waals surface area contributed by atoms with E-state index in [4.69, 9.17) is 4.42 Å². The minimum Gasteiger partial charge on any atom is -0.460 e. The molecule has 7 nitrogen and oxygen atoms in total. The lowest BCUT2D eigenvalue weighted by atomic mass is 9.79. The zero-order valence-corrected chi connectivity index (χ0v) is 14.4. The standard InChI is InChI=1S/C18H22N4O3/c1-11-17(12-3-5-22(11)6-4-12)20-18(24)14-7-13-15(21(2)10-23)9-25-16(13)8-19-14/h7-12,17H,3-6H2,1-2H3,(H,20,24)/t11-,17-/m0/s1. The fraction of sp³-hybridized carbons (Fsp3) is 0.500. The summed E-state index contributed by atoms with van der Waals surface area (Å²) < 4.78 is 5.41. The van der Waals surface area contributed by atoms with Gasteiger partial charge in [0.1, 0.15) is 12.0 Å². The summed E-state index contributed by atoms with van der Waals surface area (Å²) in [7, 11) is 1.65. The summed E-state index contributed by atoms with van der Waals surface area (Å²) >= 11 is 0. The number of carbonyl (C=O) groups is 2. The van der Waals surface area contributed by atoms with Gasteiger partial charge in [0, 0.05) is 24.5 Å². The van der Waals surface area contributed by atoms with Crippen LogP contribution in [0.15, 0.2) is 22.9 Å². The van der Waals surface area contributed by atoms with Gasteiger partial charge in [-0.25, -0.2) is 4.98 Å². The van der Waals surface area contributed by atoms with Crippen molar-refractivity contribution >= 4 is 29.0 Å². The molecular weight excluding hydrogens is 320 g/mol. The van der Waals surface area contributed by atoms with Gasteiger partial charge >= 0.3 is 0 Å². The van der Waals surface area contributed by atoms with Crippen LogP contribution < -0.4 is 10.2 Å². The number of hydrogen-bond acceptors (Lipinski definition) is 5. The normalized spacial score (nSPS) is 28.1. The van der Waals surface area contributed by atoms with Crippen LogP contribution in [0.25, 0.3) is 11.0 Å². The number of furan rings is 1. The summed E-state index contributed by atoms with van der Waals surface area (Å²) in [6, 6.07) is 2.20. The Balaban J connectivity index is 1.58. The van der Waals surface area contributed by atoms with Crippen molar-refractivity contribution < 1.29 is 14.0 Å². The minimum atomic E-state index is -0.173. The van der Waals surface area contributed by atoms with Crippen molar-refractivity contribution in [1.82, 2.24) is 15.2 Å². The lowest BCUT2D eigenvalue weighted by molar-refractivity contribution is -0.107. The van der Waals surface area contributed by atoms with Crippen molar-refractivity contribution in [2.24, 2.45) is 5.92 Å². The predicted octanol–water partition coefficient (Wildman–Crippen LogP) is 1.63. The highest BCUT2D eigenvalue weighted by Gasteiger charge is 2.40. The second-order valence-electron chi connectivity index (χ2n) is 7.02. The molecule has 3 fully saturated rings. The molecule has 2 aromatic rings. The first-order valence-electron chi connectivity index (χ1n) is 8.69. The molecule has 132 valence electrons. The number of carbonyl (C=O) groups excluding carboxylic acids is 2. The maximum absolute atomic E-state index is 12.7. The fourth-order valence-electron chi connectivity index (χ4n) is 4.14. The molecule has 1 N–H and O–H groups in total. The van der Waals surface area contributed by atoms with Crippen LogP contribution in [-0.4, -0.2) is 54.4 Å². The third kappa shape index (κ3) is 2.68. The number of aromatic nitrogens is 1. The van der Waals surface area contributed by atoms with Crippen molar-refractivity contribution in [2.45, 2.75) is 31.8 Å². The highest BCUT2D eigenvalue weighted by atomic mass is 16.3. The van der Waals surface area contributed by atoms with Gasteiger partial charge in [-0.15, -0.1) is 0 Å². The van der Waals surface area contributed by atoms with E-state index in [1.54, 1.807) is 13.1 Å². The molecular formula is C18H22N4O3. The molecule has 0 unspecified atom stereocenters. The van der Waals surface area contributed by atoms with E-state index in [0.717, 1.165) is 25.9 Å². The molecule has 5 heterocycles. The maximum atomic E-state index is 12.7. The maximum Gasteiger partial charge on any atom is 0.270 e. The number of amides is 2. The monoisotopic (exact) mass is 342 g/mol. The lowest BCUT2D eigenvalue weighted by Crippen LogP contribution is -2.62. The number of nitrogens with one attached hydrogen (secondary N) is 1. The Morgan fingerprint density at radius 3 is 2.88 bits per heavy atom. The third-order valence-corrected chi connectivity index (χ3v) is 5.69. The van der Waals surface area contributed by atoms with Crippen LogP contribution in [0.3, 0.4) is 0 Å². The van der Waals surface area contributed by atoms with E-state index in [0.29, 0.717) is 40.7 Å². The molecule has 3 saturated heterocycles. The van der Waals surface area contributed by atoms with Gasteiger partial charge in [-0.1, -0.05) is 0 Å². The van der Waals surface area contributed by atoms with Gasteiger partial charge in [0.15, 0.2) is 5.58 Å². The molecule has 0 aliphatic carbocycles. The van der Waals surface area contributed by atoms with Gasteiger partial charge < -0.3 is 14.6 Å². The van der Waals surface area contributed by atoms with Gasteiger partial charge in [0.05, 0.1) is 11.9 Å². The largest absolute Gasteiger partial charge is 0.460 e. The number of nitrogens with zero attached hydrogens (tertiary/aromatic N) is 3. The Morgan fingerprint density at radius 2 is 2.20 bits per heavy atom. The molecule has 0 spiro atoms. The molecule has 0 radical (unpaired) electrons. The van der Waals surface area contributed by atoms with Crippen LogP contribution in [0, 0.1) is 5.92 Å². The Hall–Kier alpha value is -2.41. The van der Waals surface area contributed by atoms with Gasteiger partial charge in [0.2, 0.25) is 6.41 Å². The number of hydrogen-bond donors (Lipinski definition) is 1. The Bertz CT molecular complexity index is 808. The lowest BCUT2D eigenvalue weighted by Gasteiger charge is -2.49. The number of anilines is 1. The summed E-state index contributed by atoms with van der Waals surface area (Å²) in [6.07, 6.45) is 6.01. The fourth-order valence-corrected chi connectivity index (χ4v) is 4.14. The Morgan fingerprint density at radius 1 is 1.44 bits per heavy atom. The number of piperidine rings is 3. The highest BCUT2D eigenvalue weighted by Crippen LogP contribution is 2.32. The summed E-state index contributed by atoms with van der Waals surface area (Å²) in [5.74, 6) is 0.367. The molecule has 0 aromatic carbocycles.